The minimum absolute atomic E-state index is 0.0167. The van der Waals surface area contributed by atoms with Gasteiger partial charge in [0, 0.05) is 18.3 Å². The predicted octanol–water partition coefficient (Wildman–Crippen LogP) is 5.89. The minimum atomic E-state index is -2.11. The number of carbonyl (C=O) groups is 2. The van der Waals surface area contributed by atoms with Gasteiger partial charge in [-0.3, -0.25) is 9.59 Å². The maximum atomic E-state index is 14.1. The van der Waals surface area contributed by atoms with Crippen LogP contribution < -0.4 is 0 Å². The van der Waals surface area contributed by atoms with E-state index in [-0.39, 0.29) is 29.9 Å². The predicted molar refractivity (Wildman–Crippen MR) is 158 cm³/mol. The molecule has 5 rings (SSSR count). The SMILES string of the molecule is C=C1C[C@]23C[C@@]1(O[Si](C)(C)C)CC[C@H]2[C@@]12C[C@H](O[Si](C)(C)C)[C@H](O[Si](C)(C)C)C(C)(C(=O)O1)[C@H]2[C@@H]3C(=O)OC. The molecule has 1 spiro atoms. The third-order valence-corrected chi connectivity index (χ3v) is 13.1. The Kier molecular flexibility index (Phi) is 6.57. The molecule has 39 heavy (non-hydrogen) atoms. The molecule has 5 fully saturated rings. The summed E-state index contributed by atoms with van der Waals surface area (Å²) in [7, 11) is -4.55. The number of fused-ring (bicyclic) bond motifs is 1. The van der Waals surface area contributed by atoms with Gasteiger partial charge in [-0.2, -0.15) is 0 Å². The summed E-state index contributed by atoms with van der Waals surface area (Å²) in [5, 5.41) is 0. The number of rotatable bonds is 7. The third-order valence-electron chi connectivity index (χ3n) is 10.2. The fraction of sp³-hybridized carbons (Fsp3) is 0.862. The topological polar surface area (TPSA) is 80.3 Å². The average molecular weight is 595 g/mol. The quantitative estimate of drug-likeness (QED) is 0.207. The number of esters is 2. The Balaban J connectivity index is 1.70. The van der Waals surface area contributed by atoms with Crippen LogP contribution in [-0.2, 0) is 32.3 Å². The van der Waals surface area contributed by atoms with E-state index in [1.54, 1.807) is 0 Å². The lowest BCUT2D eigenvalue weighted by Crippen LogP contribution is -2.63. The highest BCUT2D eigenvalue weighted by molar-refractivity contribution is 6.70. The van der Waals surface area contributed by atoms with Crippen molar-refractivity contribution in [3.8, 4) is 0 Å². The zero-order valence-electron chi connectivity index (χ0n) is 26.0. The standard InChI is InChI=1S/C29H50O7Si3/c1-18-15-27-17-28(18,36-39(10,11)12)14-13-20(27)29-16-19(34-37(4,5)6)23(35-38(7,8)9)26(2,25(31)33-29)22(29)21(27)24(30)32-3/h19-23H,1,13-17H2,2-12H3/t19-,20+,21+,22+,23-,26?,27-,28-,29+/m0/s1. The summed E-state index contributed by atoms with van der Waals surface area (Å²) in [6, 6.07) is 0. The van der Waals surface area contributed by atoms with E-state index in [1.165, 1.54) is 7.11 Å². The van der Waals surface area contributed by atoms with Crippen molar-refractivity contribution in [1.82, 2.24) is 0 Å². The van der Waals surface area contributed by atoms with Crippen LogP contribution in [0.3, 0.4) is 0 Å². The van der Waals surface area contributed by atoms with Gasteiger partial charge in [-0.25, -0.2) is 0 Å². The van der Waals surface area contributed by atoms with E-state index >= 15 is 0 Å². The number of hydrogen-bond acceptors (Lipinski definition) is 7. The van der Waals surface area contributed by atoms with Crippen molar-refractivity contribution >= 4 is 36.9 Å². The Bertz CT molecular complexity index is 1090. The number of ether oxygens (including phenoxy) is 2. The second-order valence-corrected chi connectivity index (χ2v) is 29.6. The first-order valence-electron chi connectivity index (χ1n) is 14.7. The first-order valence-corrected chi connectivity index (χ1v) is 24.9. The van der Waals surface area contributed by atoms with Crippen molar-refractivity contribution in [1.29, 1.82) is 0 Å². The Hall–Kier alpha value is -0.789. The van der Waals surface area contributed by atoms with Crippen LogP contribution in [0.4, 0.5) is 0 Å². The van der Waals surface area contributed by atoms with Gasteiger partial charge in [-0.05, 0) is 103 Å². The van der Waals surface area contributed by atoms with Crippen molar-refractivity contribution in [2.75, 3.05) is 7.11 Å². The molecule has 0 aromatic carbocycles. The molecule has 0 N–H and O–H groups in total. The van der Waals surface area contributed by atoms with Gasteiger partial charge >= 0.3 is 11.9 Å². The molecule has 1 saturated heterocycles. The van der Waals surface area contributed by atoms with E-state index in [4.69, 9.17) is 22.8 Å². The van der Waals surface area contributed by atoms with Crippen molar-refractivity contribution in [3.05, 3.63) is 12.2 Å². The van der Waals surface area contributed by atoms with Crippen LogP contribution in [0.2, 0.25) is 58.9 Å². The van der Waals surface area contributed by atoms with Crippen LogP contribution in [-0.4, -0.2) is 67.4 Å². The van der Waals surface area contributed by atoms with E-state index in [0.717, 1.165) is 24.8 Å². The fourth-order valence-electron chi connectivity index (χ4n) is 9.64. The summed E-state index contributed by atoms with van der Waals surface area (Å²) < 4.78 is 32.9. The van der Waals surface area contributed by atoms with Crippen molar-refractivity contribution in [3.63, 3.8) is 0 Å². The molecule has 1 unspecified atom stereocenters. The fourth-order valence-corrected chi connectivity index (χ4v) is 13.4. The minimum Gasteiger partial charge on any atom is -0.469 e. The van der Waals surface area contributed by atoms with Gasteiger partial charge in [0.05, 0.1) is 36.3 Å². The lowest BCUT2D eigenvalue weighted by atomic mass is 9.58. The normalized spacial score (nSPS) is 45.2. The number of methoxy groups -OCH3 is 1. The van der Waals surface area contributed by atoms with E-state index in [0.29, 0.717) is 12.8 Å². The molecule has 4 aliphatic carbocycles. The molecule has 4 saturated carbocycles. The zero-order chi connectivity index (χ0) is 29.2. The Morgan fingerprint density at radius 1 is 1.00 bits per heavy atom. The van der Waals surface area contributed by atoms with Crippen LogP contribution >= 0.6 is 0 Å². The van der Waals surface area contributed by atoms with Gasteiger partial charge in [0.1, 0.15) is 5.60 Å². The molecule has 4 bridgehead atoms. The van der Waals surface area contributed by atoms with Gasteiger partial charge in [0.15, 0.2) is 25.0 Å². The average Bonchev–Trinajstić information content (AvgIpc) is 3.17. The monoisotopic (exact) mass is 594 g/mol. The maximum absolute atomic E-state index is 14.1. The molecule has 0 aromatic heterocycles. The van der Waals surface area contributed by atoms with Gasteiger partial charge in [-0.15, -0.1) is 0 Å². The molecule has 1 aliphatic heterocycles. The van der Waals surface area contributed by atoms with Gasteiger partial charge in [-0.1, -0.05) is 6.58 Å². The molecule has 0 aromatic rings. The molecule has 1 heterocycles. The van der Waals surface area contributed by atoms with Crippen molar-refractivity contribution in [2.45, 2.75) is 121 Å². The first-order chi connectivity index (χ1) is 17.6. The smallest absolute Gasteiger partial charge is 0.315 e. The molecule has 0 amide bonds. The highest BCUT2D eigenvalue weighted by atomic mass is 28.4. The summed E-state index contributed by atoms with van der Waals surface area (Å²) >= 11 is 0. The summed E-state index contributed by atoms with van der Waals surface area (Å²) in [4.78, 5) is 28.1. The molecule has 0 radical (unpaired) electrons. The Morgan fingerprint density at radius 2 is 1.62 bits per heavy atom. The van der Waals surface area contributed by atoms with E-state index in [9.17, 15) is 9.59 Å². The Labute approximate surface area is 238 Å². The zero-order valence-corrected chi connectivity index (χ0v) is 29.0. The van der Waals surface area contributed by atoms with Crippen LogP contribution in [0, 0.1) is 28.6 Å². The molecule has 10 heteroatoms. The van der Waals surface area contributed by atoms with Crippen LogP contribution in [0.25, 0.3) is 0 Å². The van der Waals surface area contributed by atoms with Gasteiger partial charge in [0.25, 0.3) is 0 Å². The van der Waals surface area contributed by atoms with Crippen molar-refractivity contribution in [2.24, 2.45) is 28.6 Å². The van der Waals surface area contributed by atoms with Gasteiger partial charge in [0.2, 0.25) is 0 Å². The van der Waals surface area contributed by atoms with E-state index < -0.39 is 59.0 Å². The van der Waals surface area contributed by atoms with Crippen LogP contribution in [0.5, 0.6) is 0 Å². The lowest BCUT2D eigenvalue weighted by molar-refractivity contribution is -0.165. The largest absolute Gasteiger partial charge is 0.469 e. The van der Waals surface area contributed by atoms with E-state index in [1.807, 2.05) is 6.92 Å². The summed E-state index contributed by atoms with van der Waals surface area (Å²) in [6.45, 7) is 26.2. The molecule has 5 aliphatic rings. The second kappa shape index (κ2) is 8.63. The van der Waals surface area contributed by atoms with E-state index in [2.05, 4.69) is 65.5 Å². The van der Waals surface area contributed by atoms with Gasteiger partial charge < -0.3 is 22.8 Å². The molecule has 7 nitrogen and oxygen atoms in total. The molecular formula is C29H50O7Si3. The second-order valence-electron chi connectivity index (χ2n) is 16.2. The van der Waals surface area contributed by atoms with Crippen LogP contribution in [0.15, 0.2) is 12.2 Å². The first kappa shape index (κ1) is 29.7. The molecular weight excluding hydrogens is 545 g/mol. The maximum Gasteiger partial charge on any atom is 0.315 e. The summed E-state index contributed by atoms with van der Waals surface area (Å²) in [5.74, 6) is -1.30. The highest BCUT2D eigenvalue weighted by Gasteiger charge is 2.86. The highest BCUT2D eigenvalue weighted by Crippen LogP contribution is 2.79. The van der Waals surface area contributed by atoms with Crippen molar-refractivity contribution < 1.29 is 32.3 Å². The molecule has 9 atom stereocenters. The lowest BCUT2D eigenvalue weighted by Gasteiger charge is -2.52. The third kappa shape index (κ3) is 4.25. The van der Waals surface area contributed by atoms with Crippen LogP contribution in [0.1, 0.15) is 39.0 Å². The number of hydrogen-bond donors (Lipinski definition) is 0. The molecule has 220 valence electrons. The summed E-state index contributed by atoms with van der Waals surface area (Å²) in [5.41, 5.74) is -1.56. The Morgan fingerprint density at radius 3 is 2.15 bits per heavy atom. The summed E-state index contributed by atoms with van der Waals surface area (Å²) in [6.07, 6.45) is 2.93. The number of carbonyl (C=O) groups excluding carboxylic acids is 2.